The van der Waals surface area contributed by atoms with Crippen LogP contribution in [0.15, 0.2) is 60.9 Å². The molecule has 0 bridgehead atoms. The number of alkyl carbamates (subject to hydrolysis) is 1. The second kappa shape index (κ2) is 8.65. The second-order valence-electron chi connectivity index (χ2n) is 9.37. The van der Waals surface area contributed by atoms with Gasteiger partial charge in [0.1, 0.15) is 11.6 Å². The molecule has 2 amide bonds. The summed E-state index contributed by atoms with van der Waals surface area (Å²) in [6.45, 7) is 5.38. The van der Waals surface area contributed by atoms with E-state index in [0.717, 1.165) is 27.4 Å². The van der Waals surface area contributed by atoms with Gasteiger partial charge in [-0.1, -0.05) is 18.2 Å². The van der Waals surface area contributed by atoms with Gasteiger partial charge >= 0.3 is 6.09 Å². The summed E-state index contributed by atoms with van der Waals surface area (Å²) in [6, 6.07) is 15.0. The molecule has 7 heteroatoms. The molecular formula is C26H30N4O3. The van der Waals surface area contributed by atoms with E-state index in [2.05, 4.69) is 10.6 Å². The molecule has 0 unspecified atom stereocenters. The van der Waals surface area contributed by atoms with Crippen molar-refractivity contribution in [3.05, 3.63) is 66.5 Å². The number of hydrogen-bond donors (Lipinski definition) is 2. The van der Waals surface area contributed by atoms with Gasteiger partial charge in [0.05, 0.1) is 0 Å². The predicted molar refractivity (Wildman–Crippen MR) is 131 cm³/mol. The number of aryl methyl sites for hydroxylation is 2. The minimum Gasteiger partial charge on any atom is -0.444 e. The predicted octanol–water partition coefficient (Wildman–Crippen LogP) is 4.74. The monoisotopic (exact) mass is 446 g/mol. The molecule has 0 spiro atoms. The third kappa shape index (κ3) is 5.03. The molecule has 0 aliphatic heterocycles. The highest BCUT2D eigenvalue weighted by Crippen LogP contribution is 2.23. The summed E-state index contributed by atoms with van der Waals surface area (Å²) in [6.07, 6.45) is 3.68. The van der Waals surface area contributed by atoms with E-state index in [1.54, 1.807) is 20.8 Å². The summed E-state index contributed by atoms with van der Waals surface area (Å²) in [5.41, 5.74) is 3.13. The van der Waals surface area contributed by atoms with Crippen molar-refractivity contribution < 1.29 is 14.3 Å². The number of anilines is 1. The normalized spacial score (nSPS) is 12.6. The fourth-order valence-electron chi connectivity index (χ4n) is 4.06. The Bertz CT molecular complexity index is 1330. The van der Waals surface area contributed by atoms with E-state index in [1.165, 1.54) is 0 Å². The Balaban J connectivity index is 1.60. The average Bonchev–Trinajstić information content (AvgIpc) is 3.26. The Morgan fingerprint density at radius 1 is 1.00 bits per heavy atom. The van der Waals surface area contributed by atoms with Crippen molar-refractivity contribution in [3.63, 3.8) is 0 Å². The van der Waals surface area contributed by atoms with Crippen molar-refractivity contribution in [2.45, 2.75) is 38.8 Å². The molecule has 33 heavy (non-hydrogen) atoms. The minimum atomic E-state index is -0.808. The quantitative estimate of drug-likeness (QED) is 0.465. The first kappa shape index (κ1) is 22.5. The molecule has 0 saturated heterocycles. The first-order valence-electron chi connectivity index (χ1n) is 11.0. The van der Waals surface area contributed by atoms with Crippen LogP contribution in [0.25, 0.3) is 21.8 Å². The zero-order chi connectivity index (χ0) is 23.8. The van der Waals surface area contributed by atoms with Crippen LogP contribution in [0.1, 0.15) is 26.3 Å². The van der Waals surface area contributed by atoms with Crippen LogP contribution in [0.5, 0.6) is 0 Å². The van der Waals surface area contributed by atoms with Crippen LogP contribution in [0.3, 0.4) is 0 Å². The van der Waals surface area contributed by atoms with Crippen molar-refractivity contribution >= 4 is 39.5 Å². The van der Waals surface area contributed by atoms with Gasteiger partial charge in [0.2, 0.25) is 5.91 Å². The van der Waals surface area contributed by atoms with E-state index in [0.29, 0.717) is 12.1 Å². The zero-order valence-electron chi connectivity index (χ0n) is 19.7. The largest absolute Gasteiger partial charge is 0.444 e. The number of benzene rings is 2. The topological polar surface area (TPSA) is 77.3 Å². The molecule has 0 aliphatic carbocycles. The number of aromatic nitrogens is 2. The van der Waals surface area contributed by atoms with Crippen LogP contribution in [0.4, 0.5) is 10.5 Å². The smallest absolute Gasteiger partial charge is 0.408 e. The maximum absolute atomic E-state index is 13.3. The first-order chi connectivity index (χ1) is 15.6. The number of para-hydroxylation sites is 1. The van der Waals surface area contributed by atoms with Gasteiger partial charge in [-0.2, -0.15) is 0 Å². The van der Waals surface area contributed by atoms with Gasteiger partial charge in [-0.3, -0.25) is 4.79 Å². The lowest BCUT2D eigenvalue weighted by Gasteiger charge is -2.23. The van der Waals surface area contributed by atoms with Crippen LogP contribution >= 0.6 is 0 Å². The van der Waals surface area contributed by atoms with E-state index in [-0.39, 0.29) is 5.91 Å². The Kier molecular flexibility index (Phi) is 5.89. The number of hydrogen-bond acceptors (Lipinski definition) is 3. The number of carbonyl (C=O) groups is 2. The highest BCUT2D eigenvalue weighted by Gasteiger charge is 2.26. The summed E-state index contributed by atoms with van der Waals surface area (Å²) >= 11 is 0. The highest BCUT2D eigenvalue weighted by atomic mass is 16.6. The van der Waals surface area contributed by atoms with Gasteiger partial charge in [0.15, 0.2) is 0 Å². The minimum absolute atomic E-state index is 0.302. The summed E-state index contributed by atoms with van der Waals surface area (Å²) in [5, 5.41) is 7.81. The first-order valence-corrected chi connectivity index (χ1v) is 11.0. The van der Waals surface area contributed by atoms with Gasteiger partial charge in [0, 0.05) is 60.4 Å². The van der Waals surface area contributed by atoms with Crippen LogP contribution in [0, 0.1) is 0 Å². The van der Waals surface area contributed by atoms with E-state index in [4.69, 9.17) is 4.74 Å². The summed E-state index contributed by atoms with van der Waals surface area (Å²) in [5.74, 6) is -0.302. The lowest BCUT2D eigenvalue weighted by atomic mass is 10.0. The third-order valence-electron chi connectivity index (χ3n) is 5.56. The maximum Gasteiger partial charge on any atom is 0.408 e. The molecule has 0 fully saturated rings. The molecule has 172 valence electrons. The number of nitrogens with one attached hydrogen (secondary N) is 2. The highest BCUT2D eigenvalue weighted by molar-refractivity contribution is 5.99. The lowest BCUT2D eigenvalue weighted by Crippen LogP contribution is -2.47. The summed E-state index contributed by atoms with van der Waals surface area (Å²) in [7, 11) is 3.95. The molecule has 7 nitrogen and oxygen atoms in total. The second-order valence-corrected chi connectivity index (χ2v) is 9.37. The molecule has 1 atom stereocenters. The molecule has 2 heterocycles. The molecule has 0 radical (unpaired) electrons. The summed E-state index contributed by atoms with van der Waals surface area (Å²) < 4.78 is 9.47. The van der Waals surface area contributed by atoms with Gasteiger partial charge in [-0.05, 0) is 56.7 Å². The molecule has 0 aliphatic rings. The number of fused-ring (bicyclic) bond motifs is 2. The van der Waals surface area contributed by atoms with Crippen LogP contribution < -0.4 is 10.6 Å². The molecule has 2 N–H and O–H groups in total. The number of ether oxygens (including phenoxy) is 1. The van der Waals surface area contributed by atoms with Crippen molar-refractivity contribution in [2.24, 2.45) is 14.1 Å². The SMILES string of the molecule is Cn1ccc2cc(NC(=O)[C@H](Cc3cn(C)c4ccccc34)NC(=O)OC(C)(C)C)ccc21. The number of amides is 2. The van der Waals surface area contributed by atoms with E-state index < -0.39 is 17.7 Å². The van der Waals surface area contributed by atoms with Crippen molar-refractivity contribution in [1.29, 1.82) is 0 Å². The third-order valence-corrected chi connectivity index (χ3v) is 5.56. The molecule has 2 aromatic heterocycles. The van der Waals surface area contributed by atoms with Gasteiger partial charge in [-0.15, -0.1) is 0 Å². The standard InChI is InChI=1S/C26H30N4O3/c1-26(2,3)33-25(32)28-21(15-18-16-30(5)23-9-7-6-8-20(18)23)24(31)27-19-10-11-22-17(14-19)12-13-29(22)4/h6-14,16,21H,15H2,1-5H3,(H,27,31)(H,28,32)/t21-/m0/s1. The zero-order valence-corrected chi connectivity index (χ0v) is 19.7. The Labute approximate surface area is 193 Å². The fourth-order valence-corrected chi connectivity index (χ4v) is 4.06. The summed E-state index contributed by atoms with van der Waals surface area (Å²) in [4.78, 5) is 25.9. The molecular weight excluding hydrogens is 416 g/mol. The van der Waals surface area contributed by atoms with Gasteiger partial charge in [-0.25, -0.2) is 4.79 Å². The van der Waals surface area contributed by atoms with Gasteiger partial charge in [0.25, 0.3) is 0 Å². The van der Waals surface area contributed by atoms with Crippen LogP contribution in [-0.2, 0) is 30.0 Å². The van der Waals surface area contributed by atoms with Gasteiger partial charge < -0.3 is 24.5 Å². The lowest BCUT2D eigenvalue weighted by molar-refractivity contribution is -0.118. The fraction of sp³-hybridized carbons (Fsp3) is 0.308. The molecule has 2 aromatic carbocycles. The molecule has 0 saturated carbocycles. The maximum atomic E-state index is 13.3. The Morgan fingerprint density at radius 2 is 1.76 bits per heavy atom. The molecule has 4 aromatic rings. The number of carbonyl (C=O) groups excluding carboxylic acids is 2. The van der Waals surface area contributed by atoms with Crippen molar-refractivity contribution in [3.8, 4) is 0 Å². The molecule has 4 rings (SSSR count). The number of rotatable bonds is 5. The number of nitrogens with zero attached hydrogens (tertiary/aromatic N) is 2. The Morgan fingerprint density at radius 3 is 2.52 bits per heavy atom. The van der Waals surface area contributed by atoms with E-state index in [1.807, 2.05) is 84.2 Å². The van der Waals surface area contributed by atoms with E-state index in [9.17, 15) is 9.59 Å². The van der Waals surface area contributed by atoms with Crippen LogP contribution in [-0.4, -0.2) is 32.8 Å². The van der Waals surface area contributed by atoms with Crippen molar-refractivity contribution in [2.75, 3.05) is 5.32 Å². The average molecular weight is 447 g/mol. The van der Waals surface area contributed by atoms with Crippen LogP contribution in [0.2, 0.25) is 0 Å². The van der Waals surface area contributed by atoms with E-state index >= 15 is 0 Å². The Hall–Kier alpha value is -3.74. The van der Waals surface area contributed by atoms with Crippen molar-refractivity contribution in [1.82, 2.24) is 14.5 Å².